The standard InChI is InChI=1S/C20H27N5O2S/c1-12-15-18(24-8-4-3-5-9-24)22-13(2)23-19(15)28-16(12)20(27)25-10-6-14(7-11-25)17(21)26/h14H,3-11H2,1-2H3,(H2,21,26). The molecular weight excluding hydrogens is 374 g/mol. The van der Waals surface area contributed by atoms with E-state index in [4.69, 9.17) is 10.7 Å². The fourth-order valence-corrected chi connectivity index (χ4v) is 5.46. The smallest absolute Gasteiger partial charge is 0.264 e. The number of amides is 2. The highest BCUT2D eigenvalue weighted by atomic mass is 32.1. The van der Waals surface area contributed by atoms with Crippen LogP contribution in [0.2, 0.25) is 0 Å². The Morgan fingerprint density at radius 1 is 1.04 bits per heavy atom. The summed E-state index contributed by atoms with van der Waals surface area (Å²) in [6, 6.07) is 0. The maximum Gasteiger partial charge on any atom is 0.264 e. The number of anilines is 1. The van der Waals surface area contributed by atoms with E-state index in [9.17, 15) is 9.59 Å². The van der Waals surface area contributed by atoms with Gasteiger partial charge in [-0.2, -0.15) is 0 Å². The van der Waals surface area contributed by atoms with Crippen molar-refractivity contribution in [3.63, 3.8) is 0 Å². The molecule has 0 aromatic carbocycles. The minimum atomic E-state index is -0.262. The highest BCUT2D eigenvalue weighted by molar-refractivity contribution is 7.20. The first-order chi connectivity index (χ1) is 13.5. The topological polar surface area (TPSA) is 92.4 Å². The Balaban J connectivity index is 1.66. The molecule has 4 heterocycles. The van der Waals surface area contributed by atoms with E-state index in [0.717, 1.165) is 45.4 Å². The number of carbonyl (C=O) groups excluding carboxylic acids is 2. The second kappa shape index (κ2) is 7.66. The molecule has 0 radical (unpaired) electrons. The monoisotopic (exact) mass is 401 g/mol. The van der Waals surface area contributed by atoms with Crippen LogP contribution in [0.4, 0.5) is 5.82 Å². The summed E-state index contributed by atoms with van der Waals surface area (Å²) in [5.74, 6) is 1.37. The molecule has 7 nitrogen and oxygen atoms in total. The lowest BCUT2D eigenvalue weighted by Gasteiger charge is -2.30. The van der Waals surface area contributed by atoms with Gasteiger partial charge in [0.05, 0.1) is 10.3 Å². The maximum atomic E-state index is 13.2. The van der Waals surface area contributed by atoms with Crippen molar-refractivity contribution >= 4 is 39.2 Å². The highest BCUT2D eigenvalue weighted by Gasteiger charge is 2.30. The fraction of sp³-hybridized carbons (Fsp3) is 0.600. The first-order valence-electron chi connectivity index (χ1n) is 10.1. The number of thiophene rings is 1. The number of likely N-dealkylation sites (tertiary alicyclic amines) is 1. The summed E-state index contributed by atoms with van der Waals surface area (Å²) in [4.78, 5) is 39.8. The molecule has 0 unspecified atom stereocenters. The van der Waals surface area contributed by atoms with E-state index in [2.05, 4.69) is 9.88 Å². The second-order valence-corrected chi connectivity index (χ2v) is 8.85. The minimum Gasteiger partial charge on any atom is -0.369 e. The Morgan fingerprint density at radius 2 is 1.71 bits per heavy atom. The summed E-state index contributed by atoms with van der Waals surface area (Å²) in [5, 5.41) is 1.02. The molecule has 2 aliphatic rings. The van der Waals surface area contributed by atoms with Gasteiger partial charge in [0.1, 0.15) is 16.5 Å². The predicted octanol–water partition coefficient (Wildman–Crippen LogP) is 2.64. The van der Waals surface area contributed by atoms with Crippen LogP contribution < -0.4 is 10.6 Å². The lowest BCUT2D eigenvalue weighted by molar-refractivity contribution is -0.123. The zero-order valence-corrected chi connectivity index (χ0v) is 17.3. The van der Waals surface area contributed by atoms with Crippen LogP contribution in [-0.4, -0.2) is 52.9 Å². The Hall–Kier alpha value is -2.22. The number of primary amides is 1. The molecule has 2 N–H and O–H groups in total. The third kappa shape index (κ3) is 3.45. The summed E-state index contributed by atoms with van der Waals surface area (Å²) in [7, 11) is 0. The van der Waals surface area contributed by atoms with E-state index in [1.165, 1.54) is 30.6 Å². The van der Waals surface area contributed by atoms with Crippen LogP contribution in [0.25, 0.3) is 10.2 Å². The number of aryl methyl sites for hydroxylation is 2. The molecule has 2 aromatic heterocycles. The molecule has 150 valence electrons. The third-order valence-corrected chi connectivity index (χ3v) is 7.09. The number of aromatic nitrogens is 2. The van der Waals surface area contributed by atoms with Crippen molar-refractivity contribution in [3.05, 3.63) is 16.3 Å². The molecule has 8 heteroatoms. The number of hydrogen-bond acceptors (Lipinski definition) is 6. The molecule has 2 aliphatic heterocycles. The van der Waals surface area contributed by atoms with Crippen LogP contribution in [0, 0.1) is 19.8 Å². The first kappa shape index (κ1) is 19.1. The van der Waals surface area contributed by atoms with E-state index in [1.54, 1.807) is 0 Å². The van der Waals surface area contributed by atoms with Crippen LogP contribution in [0.1, 0.15) is 53.2 Å². The number of rotatable bonds is 3. The van der Waals surface area contributed by atoms with Crippen molar-refractivity contribution in [3.8, 4) is 0 Å². The zero-order valence-electron chi connectivity index (χ0n) is 16.5. The van der Waals surface area contributed by atoms with Crippen molar-refractivity contribution in [2.75, 3.05) is 31.1 Å². The first-order valence-corrected chi connectivity index (χ1v) is 10.9. The normalized spacial score (nSPS) is 18.6. The molecular formula is C20H27N5O2S. The van der Waals surface area contributed by atoms with Crippen LogP contribution in [0.3, 0.4) is 0 Å². The largest absolute Gasteiger partial charge is 0.369 e. The number of carbonyl (C=O) groups is 2. The average Bonchev–Trinajstić information content (AvgIpc) is 3.03. The van der Waals surface area contributed by atoms with Crippen molar-refractivity contribution in [2.24, 2.45) is 11.7 Å². The van der Waals surface area contributed by atoms with Gasteiger partial charge in [0.15, 0.2) is 0 Å². The van der Waals surface area contributed by atoms with Gasteiger partial charge >= 0.3 is 0 Å². The molecule has 2 fully saturated rings. The van der Waals surface area contributed by atoms with E-state index >= 15 is 0 Å². The summed E-state index contributed by atoms with van der Waals surface area (Å²) in [6.45, 7) is 7.08. The van der Waals surface area contributed by atoms with Gasteiger partial charge in [-0.15, -0.1) is 11.3 Å². The van der Waals surface area contributed by atoms with Gasteiger partial charge in [0, 0.05) is 32.1 Å². The molecule has 2 amide bonds. The third-order valence-electron chi connectivity index (χ3n) is 5.92. The molecule has 0 bridgehead atoms. The molecule has 0 saturated carbocycles. The summed E-state index contributed by atoms with van der Waals surface area (Å²) >= 11 is 1.46. The van der Waals surface area contributed by atoms with Crippen LogP contribution in [0.15, 0.2) is 0 Å². The quantitative estimate of drug-likeness (QED) is 0.853. The summed E-state index contributed by atoms with van der Waals surface area (Å²) < 4.78 is 0. The van der Waals surface area contributed by atoms with Gasteiger partial charge in [-0.05, 0) is 51.5 Å². The lowest BCUT2D eigenvalue weighted by Crippen LogP contribution is -2.41. The Kier molecular flexibility index (Phi) is 5.23. The average molecular weight is 402 g/mol. The van der Waals surface area contributed by atoms with Crippen LogP contribution in [0.5, 0.6) is 0 Å². The molecule has 0 aliphatic carbocycles. The van der Waals surface area contributed by atoms with Gasteiger partial charge in [0.25, 0.3) is 5.91 Å². The van der Waals surface area contributed by atoms with Crippen molar-refractivity contribution in [2.45, 2.75) is 46.0 Å². The number of piperidine rings is 2. The number of nitrogens with zero attached hydrogens (tertiary/aromatic N) is 4. The summed E-state index contributed by atoms with van der Waals surface area (Å²) in [5.41, 5.74) is 6.39. The zero-order chi connectivity index (χ0) is 19.8. The number of hydrogen-bond donors (Lipinski definition) is 1. The van der Waals surface area contributed by atoms with Gasteiger partial charge in [0.2, 0.25) is 5.91 Å². The second-order valence-electron chi connectivity index (χ2n) is 7.85. The number of fused-ring (bicyclic) bond motifs is 1. The SMILES string of the molecule is Cc1nc(N2CCCCC2)c2c(C)c(C(=O)N3CCC(C(N)=O)CC3)sc2n1. The highest BCUT2D eigenvalue weighted by Crippen LogP contribution is 2.37. The molecule has 2 saturated heterocycles. The van der Waals surface area contributed by atoms with Crippen molar-refractivity contribution in [1.82, 2.24) is 14.9 Å². The Labute approximate surface area is 168 Å². The van der Waals surface area contributed by atoms with Crippen molar-refractivity contribution < 1.29 is 9.59 Å². The molecule has 0 spiro atoms. The molecule has 28 heavy (non-hydrogen) atoms. The van der Waals surface area contributed by atoms with Gasteiger partial charge < -0.3 is 15.5 Å². The van der Waals surface area contributed by atoms with E-state index < -0.39 is 0 Å². The van der Waals surface area contributed by atoms with Gasteiger partial charge in [-0.3, -0.25) is 9.59 Å². The van der Waals surface area contributed by atoms with Crippen LogP contribution >= 0.6 is 11.3 Å². The number of nitrogens with two attached hydrogens (primary N) is 1. The maximum absolute atomic E-state index is 13.2. The van der Waals surface area contributed by atoms with Crippen molar-refractivity contribution in [1.29, 1.82) is 0 Å². The van der Waals surface area contributed by atoms with Crippen LogP contribution in [-0.2, 0) is 4.79 Å². The van der Waals surface area contributed by atoms with Gasteiger partial charge in [-0.25, -0.2) is 9.97 Å². The molecule has 2 aromatic rings. The Bertz CT molecular complexity index is 911. The Morgan fingerprint density at radius 3 is 2.36 bits per heavy atom. The van der Waals surface area contributed by atoms with E-state index in [0.29, 0.717) is 25.9 Å². The van der Waals surface area contributed by atoms with E-state index in [-0.39, 0.29) is 17.7 Å². The molecule has 4 rings (SSSR count). The lowest BCUT2D eigenvalue weighted by atomic mass is 9.96. The fourth-order valence-electron chi connectivity index (χ4n) is 4.27. The summed E-state index contributed by atoms with van der Waals surface area (Å²) in [6.07, 6.45) is 4.89. The predicted molar refractivity (Wildman–Crippen MR) is 111 cm³/mol. The van der Waals surface area contributed by atoms with E-state index in [1.807, 2.05) is 18.7 Å². The minimum absolute atomic E-state index is 0.0330. The van der Waals surface area contributed by atoms with Gasteiger partial charge in [-0.1, -0.05) is 0 Å². The molecule has 0 atom stereocenters.